The van der Waals surface area contributed by atoms with Crippen molar-refractivity contribution >= 4 is 6.09 Å². The number of amides is 1. The second kappa shape index (κ2) is 6.44. The largest absolute Gasteiger partial charge is 0.508 e. The summed E-state index contributed by atoms with van der Waals surface area (Å²) in [6.07, 6.45) is 0.0536. The van der Waals surface area contributed by atoms with Crippen molar-refractivity contribution in [1.82, 2.24) is 5.32 Å². The summed E-state index contributed by atoms with van der Waals surface area (Å²) in [4.78, 5) is 11.5. The van der Waals surface area contributed by atoms with E-state index in [2.05, 4.69) is 5.32 Å². The van der Waals surface area contributed by atoms with Crippen LogP contribution < -0.4 is 10.1 Å². The van der Waals surface area contributed by atoms with Crippen molar-refractivity contribution < 1.29 is 14.6 Å². The standard InChI is InChI=1S/C15H15NO3/c17-14-9-5-4-6-12(14)10-11-16-15(18)19-13-7-2-1-3-8-13/h1-9,17H,10-11H2,(H,16,18). The smallest absolute Gasteiger partial charge is 0.412 e. The van der Waals surface area contributed by atoms with Gasteiger partial charge in [-0.25, -0.2) is 4.79 Å². The zero-order valence-corrected chi connectivity index (χ0v) is 10.4. The summed E-state index contributed by atoms with van der Waals surface area (Å²) in [5.41, 5.74) is 0.794. The van der Waals surface area contributed by atoms with Crippen LogP contribution in [0.2, 0.25) is 0 Å². The molecule has 0 saturated carbocycles. The quantitative estimate of drug-likeness (QED) is 0.885. The summed E-state index contributed by atoms with van der Waals surface area (Å²) < 4.78 is 5.07. The average molecular weight is 257 g/mol. The Bertz CT molecular complexity index is 540. The number of rotatable bonds is 4. The lowest BCUT2D eigenvalue weighted by Gasteiger charge is -2.07. The molecule has 0 heterocycles. The number of phenols is 1. The SMILES string of the molecule is O=C(NCCc1ccccc1O)Oc1ccccc1. The summed E-state index contributed by atoms with van der Waals surface area (Å²) in [5, 5.41) is 12.2. The highest BCUT2D eigenvalue weighted by Gasteiger charge is 2.04. The molecular formula is C15H15NO3. The Hall–Kier alpha value is -2.49. The van der Waals surface area contributed by atoms with Crippen LogP contribution in [0.1, 0.15) is 5.56 Å². The van der Waals surface area contributed by atoms with Gasteiger partial charge in [-0.05, 0) is 30.2 Å². The number of carbonyl (C=O) groups is 1. The highest BCUT2D eigenvalue weighted by Crippen LogP contribution is 2.15. The van der Waals surface area contributed by atoms with Gasteiger partial charge in [-0.2, -0.15) is 0 Å². The lowest BCUT2D eigenvalue weighted by atomic mass is 10.1. The number of nitrogens with one attached hydrogen (secondary N) is 1. The van der Waals surface area contributed by atoms with Crippen LogP contribution in [0.4, 0.5) is 4.79 Å². The Morgan fingerprint density at radius 2 is 1.74 bits per heavy atom. The van der Waals surface area contributed by atoms with Crippen molar-refractivity contribution in [2.45, 2.75) is 6.42 Å². The first kappa shape index (κ1) is 13.0. The van der Waals surface area contributed by atoms with Crippen LogP contribution in [-0.4, -0.2) is 17.7 Å². The van der Waals surface area contributed by atoms with E-state index in [0.29, 0.717) is 18.7 Å². The number of hydrogen-bond donors (Lipinski definition) is 2. The molecule has 0 fully saturated rings. The number of carbonyl (C=O) groups excluding carboxylic acids is 1. The Morgan fingerprint density at radius 1 is 1.05 bits per heavy atom. The first-order valence-electron chi connectivity index (χ1n) is 6.03. The zero-order chi connectivity index (χ0) is 13.5. The van der Waals surface area contributed by atoms with Gasteiger partial charge < -0.3 is 15.2 Å². The molecule has 0 radical (unpaired) electrons. The number of phenolic OH excluding ortho intramolecular Hbond substituents is 1. The highest BCUT2D eigenvalue weighted by molar-refractivity contribution is 5.70. The fourth-order valence-corrected chi connectivity index (χ4v) is 1.65. The summed E-state index contributed by atoms with van der Waals surface area (Å²) in [6, 6.07) is 15.9. The third-order valence-corrected chi connectivity index (χ3v) is 2.61. The van der Waals surface area contributed by atoms with Crippen LogP contribution in [-0.2, 0) is 6.42 Å². The van der Waals surface area contributed by atoms with Crippen molar-refractivity contribution in [2.75, 3.05) is 6.54 Å². The molecule has 19 heavy (non-hydrogen) atoms. The van der Waals surface area contributed by atoms with Gasteiger partial charge in [-0.3, -0.25) is 0 Å². The van der Waals surface area contributed by atoms with E-state index in [1.807, 2.05) is 18.2 Å². The van der Waals surface area contributed by atoms with E-state index >= 15 is 0 Å². The summed E-state index contributed by atoms with van der Waals surface area (Å²) in [7, 11) is 0. The van der Waals surface area contributed by atoms with Gasteiger partial charge in [0.1, 0.15) is 11.5 Å². The minimum absolute atomic E-state index is 0.237. The molecule has 0 aliphatic rings. The number of benzene rings is 2. The first-order valence-corrected chi connectivity index (χ1v) is 6.03. The molecule has 2 aromatic carbocycles. The van der Waals surface area contributed by atoms with Gasteiger partial charge in [-0.1, -0.05) is 36.4 Å². The van der Waals surface area contributed by atoms with Gasteiger partial charge in [0.25, 0.3) is 0 Å². The lowest BCUT2D eigenvalue weighted by molar-refractivity contribution is 0.200. The van der Waals surface area contributed by atoms with Crippen molar-refractivity contribution in [3.8, 4) is 11.5 Å². The van der Waals surface area contributed by atoms with Gasteiger partial charge >= 0.3 is 6.09 Å². The second-order valence-electron chi connectivity index (χ2n) is 4.01. The monoisotopic (exact) mass is 257 g/mol. The van der Waals surface area contributed by atoms with Crippen LogP contribution in [0.15, 0.2) is 54.6 Å². The maximum absolute atomic E-state index is 11.5. The molecular weight excluding hydrogens is 242 g/mol. The molecule has 0 saturated heterocycles. The number of hydrogen-bond acceptors (Lipinski definition) is 3. The number of para-hydroxylation sites is 2. The fraction of sp³-hybridized carbons (Fsp3) is 0.133. The molecule has 98 valence electrons. The highest BCUT2D eigenvalue weighted by atomic mass is 16.5. The molecule has 0 aliphatic heterocycles. The summed E-state index contributed by atoms with van der Waals surface area (Å²) in [6.45, 7) is 0.406. The van der Waals surface area contributed by atoms with Gasteiger partial charge in [0.15, 0.2) is 0 Å². The van der Waals surface area contributed by atoms with Gasteiger partial charge in [0.05, 0.1) is 0 Å². The van der Waals surface area contributed by atoms with Crippen LogP contribution in [0.5, 0.6) is 11.5 Å². The van der Waals surface area contributed by atoms with Gasteiger partial charge in [-0.15, -0.1) is 0 Å². The average Bonchev–Trinajstić information content (AvgIpc) is 2.42. The lowest BCUT2D eigenvalue weighted by Crippen LogP contribution is -2.28. The van der Waals surface area contributed by atoms with Crippen LogP contribution in [0.25, 0.3) is 0 Å². The van der Waals surface area contributed by atoms with E-state index in [-0.39, 0.29) is 5.75 Å². The molecule has 4 heteroatoms. The predicted molar refractivity (Wildman–Crippen MR) is 72.3 cm³/mol. The van der Waals surface area contributed by atoms with Crippen LogP contribution >= 0.6 is 0 Å². The summed E-state index contributed by atoms with van der Waals surface area (Å²) >= 11 is 0. The topological polar surface area (TPSA) is 58.6 Å². The maximum Gasteiger partial charge on any atom is 0.412 e. The molecule has 0 bridgehead atoms. The van der Waals surface area contributed by atoms with Crippen molar-refractivity contribution in [3.63, 3.8) is 0 Å². The molecule has 2 rings (SSSR count). The molecule has 0 spiro atoms. The molecule has 1 amide bonds. The Labute approximate surface area is 111 Å². The van der Waals surface area contributed by atoms with Crippen LogP contribution in [0.3, 0.4) is 0 Å². The Balaban J connectivity index is 1.77. The van der Waals surface area contributed by atoms with E-state index in [4.69, 9.17) is 4.74 Å². The minimum atomic E-state index is -0.498. The Morgan fingerprint density at radius 3 is 2.47 bits per heavy atom. The van der Waals surface area contributed by atoms with E-state index < -0.39 is 6.09 Å². The molecule has 0 atom stereocenters. The number of aromatic hydroxyl groups is 1. The third-order valence-electron chi connectivity index (χ3n) is 2.61. The zero-order valence-electron chi connectivity index (χ0n) is 10.4. The molecule has 0 aromatic heterocycles. The first-order chi connectivity index (χ1) is 9.25. The van der Waals surface area contributed by atoms with Gasteiger partial charge in [0, 0.05) is 6.54 Å². The maximum atomic E-state index is 11.5. The second-order valence-corrected chi connectivity index (χ2v) is 4.01. The predicted octanol–water partition coefficient (Wildman–Crippen LogP) is 2.72. The third kappa shape index (κ3) is 4.03. The molecule has 4 nitrogen and oxygen atoms in total. The van der Waals surface area contributed by atoms with Crippen LogP contribution in [0, 0.1) is 0 Å². The summed E-state index contributed by atoms with van der Waals surface area (Å²) in [5.74, 6) is 0.739. The normalized spacial score (nSPS) is 9.89. The Kier molecular flexibility index (Phi) is 4.39. The van der Waals surface area contributed by atoms with Gasteiger partial charge in [0.2, 0.25) is 0 Å². The van der Waals surface area contributed by atoms with E-state index in [1.54, 1.807) is 36.4 Å². The minimum Gasteiger partial charge on any atom is -0.508 e. The van der Waals surface area contributed by atoms with E-state index in [9.17, 15) is 9.90 Å². The fourth-order valence-electron chi connectivity index (χ4n) is 1.65. The van der Waals surface area contributed by atoms with E-state index in [1.165, 1.54) is 0 Å². The van der Waals surface area contributed by atoms with Crippen molar-refractivity contribution in [2.24, 2.45) is 0 Å². The number of ether oxygens (including phenoxy) is 1. The van der Waals surface area contributed by atoms with Crippen molar-refractivity contribution in [1.29, 1.82) is 0 Å². The molecule has 0 unspecified atom stereocenters. The molecule has 2 aromatic rings. The van der Waals surface area contributed by atoms with Crippen molar-refractivity contribution in [3.05, 3.63) is 60.2 Å². The molecule has 2 N–H and O–H groups in total. The molecule has 0 aliphatic carbocycles. The van der Waals surface area contributed by atoms with E-state index in [0.717, 1.165) is 5.56 Å².